The smallest absolute Gasteiger partial charge is 0.368 e. The van der Waals surface area contributed by atoms with E-state index < -0.39 is 35.8 Å². The molecular weight excluding hydrogens is 457 g/mol. The summed E-state index contributed by atoms with van der Waals surface area (Å²) < 4.78 is 38.4. The Hall–Kier alpha value is -2.43. The van der Waals surface area contributed by atoms with Crippen molar-refractivity contribution in [3.63, 3.8) is 0 Å². The van der Waals surface area contributed by atoms with Crippen LogP contribution >= 0.6 is 11.3 Å². The standard InChI is InChI=1S/C23H25F3N2O4S/c24-23(25,26)12-8-10-13(11-9-12)27-20(30)18-16-6-3-7-17(16)33-21(18)28-19(29)14-4-1-2-5-15(14)22(31)32/h8-11,14-15,22,31-32H,1-7H2,(H,27,30)(H,28,29). The summed E-state index contributed by atoms with van der Waals surface area (Å²) in [5.41, 5.74) is 0.594. The van der Waals surface area contributed by atoms with Gasteiger partial charge < -0.3 is 20.8 Å². The number of halogens is 3. The lowest BCUT2D eigenvalue weighted by molar-refractivity contribution is -0.138. The van der Waals surface area contributed by atoms with Crippen molar-refractivity contribution >= 4 is 33.8 Å². The number of alkyl halides is 3. The predicted molar refractivity (Wildman–Crippen MR) is 118 cm³/mol. The molecule has 0 aliphatic heterocycles. The minimum Gasteiger partial charge on any atom is -0.368 e. The SMILES string of the molecule is O=C(Nc1ccc(C(F)(F)F)cc1)c1c(NC(=O)C2CCCCC2C(O)O)sc2c1CCC2. The van der Waals surface area contributed by atoms with Crippen molar-refractivity contribution in [2.45, 2.75) is 57.4 Å². The van der Waals surface area contributed by atoms with Crippen LogP contribution in [0.1, 0.15) is 58.5 Å². The van der Waals surface area contributed by atoms with Crippen LogP contribution in [0.2, 0.25) is 0 Å². The lowest BCUT2D eigenvalue weighted by Gasteiger charge is -2.31. The van der Waals surface area contributed by atoms with Crippen molar-refractivity contribution in [2.75, 3.05) is 10.6 Å². The van der Waals surface area contributed by atoms with E-state index in [1.807, 2.05) is 0 Å². The van der Waals surface area contributed by atoms with Gasteiger partial charge in [0.25, 0.3) is 5.91 Å². The molecule has 0 bridgehead atoms. The molecule has 0 radical (unpaired) electrons. The fourth-order valence-corrected chi connectivity index (χ4v) is 6.00. The van der Waals surface area contributed by atoms with Gasteiger partial charge in [-0.05, 0) is 61.9 Å². The maximum absolute atomic E-state index is 13.1. The molecule has 1 fully saturated rings. The number of fused-ring (bicyclic) bond motifs is 1. The second-order valence-electron chi connectivity index (χ2n) is 8.55. The summed E-state index contributed by atoms with van der Waals surface area (Å²) in [6.45, 7) is 0. The number of nitrogens with one attached hydrogen (secondary N) is 2. The molecule has 10 heteroatoms. The van der Waals surface area contributed by atoms with Gasteiger partial charge in [-0.3, -0.25) is 9.59 Å². The van der Waals surface area contributed by atoms with E-state index in [1.54, 1.807) is 0 Å². The number of hydrogen-bond acceptors (Lipinski definition) is 5. The van der Waals surface area contributed by atoms with Crippen molar-refractivity contribution in [1.82, 2.24) is 0 Å². The Kier molecular flexibility index (Phi) is 6.78. The van der Waals surface area contributed by atoms with Crippen LogP contribution in [0.3, 0.4) is 0 Å². The normalized spacial score (nSPS) is 20.5. The van der Waals surface area contributed by atoms with Gasteiger partial charge >= 0.3 is 6.18 Å². The fraction of sp³-hybridized carbons (Fsp3) is 0.478. The van der Waals surface area contributed by atoms with E-state index in [0.717, 1.165) is 48.3 Å². The average molecular weight is 483 g/mol. The van der Waals surface area contributed by atoms with Crippen molar-refractivity contribution in [1.29, 1.82) is 0 Å². The van der Waals surface area contributed by atoms with Gasteiger partial charge in [0.1, 0.15) is 5.00 Å². The minimum atomic E-state index is -4.46. The van der Waals surface area contributed by atoms with Crippen molar-refractivity contribution in [3.05, 3.63) is 45.8 Å². The van der Waals surface area contributed by atoms with E-state index in [2.05, 4.69) is 10.6 Å². The van der Waals surface area contributed by atoms with Crippen LogP contribution in [0.4, 0.5) is 23.9 Å². The molecule has 2 aliphatic carbocycles. The highest BCUT2D eigenvalue weighted by Gasteiger charge is 2.36. The second-order valence-corrected chi connectivity index (χ2v) is 9.65. The second kappa shape index (κ2) is 9.44. The molecule has 2 aromatic rings. The first-order valence-corrected chi connectivity index (χ1v) is 11.8. The lowest BCUT2D eigenvalue weighted by Crippen LogP contribution is -2.38. The molecule has 178 valence electrons. The molecule has 1 saturated carbocycles. The Bertz CT molecular complexity index is 1030. The maximum Gasteiger partial charge on any atom is 0.416 e. The number of thiophene rings is 1. The zero-order valence-electron chi connectivity index (χ0n) is 17.7. The number of aliphatic hydroxyl groups excluding tert-OH is 1. The van der Waals surface area contributed by atoms with E-state index in [9.17, 15) is 33.0 Å². The first-order valence-electron chi connectivity index (χ1n) is 11.0. The van der Waals surface area contributed by atoms with Gasteiger partial charge in [-0.25, -0.2) is 0 Å². The molecule has 2 aliphatic rings. The van der Waals surface area contributed by atoms with Crippen LogP contribution in [0.25, 0.3) is 0 Å². The zero-order chi connectivity index (χ0) is 23.8. The van der Waals surface area contributed by atoms with Gasteiger partial charge in [-0.15, -0.1) is 11.3 Å². The molecule has 33 heavy (non-hydrogen) atoms. The highest BCUT2D eigenvalue weighted by atomic mass is 32.1. The molecule has 4 rings (SSSR count). The first-order chi connectivity index (χ1) is 15.6. The number of carbonyl (C=O) groups is 2. The topological polar surface area (TPSA) is 98.7 Å². The minimum absolute atomic E-state index is 0.221. The van der Waals surface area contributed by atoms with Crippen LogP contribution in [-0.4, -0.2) is 28.3 Å². The molecule has 1 heterocycles. The van der Waals surface area contributed by atoms with Gasteiger partial charge in [-0.2, -0.15) is 13.2 Å². The summed E-state index contributed by atoms with van der Waals surface area (Å²) >= 11 is 1.33. The summed E-state index contributed by atoms with van der Waals surface area (Å²) in [6.07, 6.45) is -0.994. The molecule has 0 spiro atoms. The van der Waals surface area contributed by atoms with Crippen molar-refractivity contribution < 1.29 is 33.0 Å². The summed E-state index contributed by atoms with van der Waals surface area (Å²) in [7, 11) is 0. The number of aliphatic hydroxyl groups is 2. The molecule has 1 aromatic carbocycles. The van der Waals surface area contributed by atoms with E-state index in [1.165, 1.54) is 23.5 Å². The number of benzene rings is 1. The largest absolute Gasteiger partial charge is 0.416 e. The Balaban J connectivity index is 1.55. The van der Waals surface area contributed by atoms with Gasteiger partial charge in [0.05, 0.1) is 11.1 Å². The van der Waals surface area contributed by atoms with Crippen molar-refractivity contribution in [3.8, 4) is 0 Å². The third-order valence-electron chi connectivity index (χ3n) is 6.39. The third-order valence-corrected chi connectivity index (χ3v) is 7.60. The fourth-order valence-electron chi connectivity index (χ4n) is 4.72. The number of rotatable bonds is 5. The van der Waals surface area contributed by atoms with Gasteiger partial charge in [-0.1, -0.05) is 12.8 Å². The Morgan fingerprint density at radius 3 is 2.36 bits per heavy atom. The van der Waals surface area contributed by atoms with Gasteiger partial charge in [0.15, 0.2) is 6.29 Å². The van der Waals surface area contributed by atoms with E-state index in [-0.39, 0.29) is 11.6 Å². The van der Waals surface area contributed by atoms with Crippen LogP contribution in [0, 0.1) is 11.8 Å². The van der Waals surface area contributed by atoms with E-state index >= 15 is 0 Å². The first kappa shape index (κ1) is 23.7. The molecule has 0 saturated heterocycles. The monoisotopic (exact) mass is 482 g/mol. The number of carbonyl (C=O) groups excluding carboxylic acids is 2. The molecule has 2 amide bonds. The number of aryl methyl sites for hydroxylation is 1. The van der Waals surface area contributed by atoms with Crippen LogP contribution < -0.4 is 10.6 Å². The molecule has 2 atom stereocenters. The van der Waals surface area contributed by atoms with Crippen LogP contribution in [0.15, 0.2) is 24.3 Å². The summed E-state index contributed by atoms with van der Waals surface area (Å²) in [5.74, 6) is -1.97. The molecule has 4 N–H and O–H groups in total. The summed E-state index contributed by atoms with van der Waals surface area (Å²) in [6, 6.07) is 4.20. The van der Waals surface area contributed by atoms with Gasteiger partial charge in [0, 0.05) is 22.4 Å². The molecule has 2 unspecified atom stereocenters. The Labute approximate surface area is 192 Å². The quantitative estimate of drug-likeness (QED) is 0.470. The Morgan fingerprint density at radius 1 is 1.00 bits per heavy atom. The number of amides is 2. The molecule has 1 aromatic heterocycles. The van der Waals surface area contributed by atoms with E-state index in [0.29, 0.717) is 29.8 Å². The summed E-state index contributed by atoms with van der Waals surface area (Å²) in [4.78, 5) is 27.1. The molecule has 6 nitrogen and oxygen atoms in total. The number of hydrogen-bond donors (Lipinski definition) is 4. The highest BCUT2D eigenvalue weighted by Crippen LogP contribution is 2.41. The zero-order valence-corrected chi connectivity index (χ0v) is 18.6. The number of anilines is 2. The lowest BCUT2D eigenvalue weighted by atomic mass is 9.78. The van der Waals surface area contributed by atoms with Crippen LogP contribution in [-0.2, 0) is 23.8 Å². The highest BCUT2D eigenvalue weighted by molar-refractivity contribution is 7.17. The average Bonchev–Trinajstić information content (AvgIpc) is 3.34. The maximum atomic E-state index is 13.1. The van der Waals surface area contributed by atoms with Crippen molar-refractivity contribution in [2.24, 2.45) is 11.8 Å². The molecular formula is C23H25F3N2O4S. The summed E-state index contributed by atoms with van der Waals surface area (Å²) in [5, 5.41) is 25.2. The Morgan fingerprint density at radius 2 is 1.70 bits per heavy atom. The third kappa shape index (κ3) is 5.07. The van der Waals surface area contributed by atoms with E-state index in [4.69, 9.17) is 0 Å². The van der Waals surface area contributed by atoms with Gasteiger partial charge in [0.2, 0.25) is 5.91 Å². The van der Waals surface area contributed by atoms with Crippen LogP contribution in [0.5, 0.6) is 0 Å². The predicted octanol–water partition coefficient (Wildman–Crippen LogP) is 4.56.